The molecule has 0 saturated carbocycles. The highest BCUT2D eigenvalue weighted by Gasteiger charge is 2.55. The van der Waals surface area contributed by atoms with Gasteiger partial charge in [-0.25, -0.2) is 18.2 Å². The molecule has 1 aliphatic carbocycles. The average Bonchev–Trinajstić information content (AvgIpc) is 3.78. The van der Waals surface area contributed by atoms with Gasteiger partial charge in [0.05, 0.1) is 32.5 Å². The number of allylic oxidation sites excluding steroid dienone is 3. The van der Waals surface area contributed by atoms with Crippen LogP contribution in [0.25, 0.3) is 15.7 Å². The number of aliphatic hydroxyl groups excluding tert-OH is 1. The van der Waals surface area contributed by atoms with Crippen LogP contribution in [-0.2, 0) is 4.74 Å². The van der Waals surface area contributed by atoms with E-state index in [-0.39, 0.29) is 70.0 Å². The number of nitrogens with zero attached hydrogens (tertiary/aromatic N) is 5. The topological polar surface area (TPSA) is 110 Å². The van der Waals surface area contributed by atoms with Gasteiger partial charge in [-0.3, -0.25) is 9.80 Å². The molecule has 0 bridgehead atoms. The fraction of sp³-hybridized carbons (Fsp3) is 0.531. The summed E-state index contributed by atoms with van der Waals surface area (Å²) in [4.78, 5) is 12.9. The molecule has 7 rings (SSSR count). The molecule has 5 atom stereocenters. The van der Waals surface area contributed by atoms with Gasteiger partial charge in [0, 0.05) is 43.6 Å². The summed E-state index contributed by atoms with van der Waals surface area (Å²) in [6.07, 6.45) is -3.94. The number of alkyl halides is 4. The van der Waals surface area contributed by atoms with Gasteiger partial charge in [-0.1, -0.05) is 12.1 Å². The van der Waals surface area contributed by atoms with Crippen LogP contribution < -0.4 is 5.73 Å². The summed E-state index contributed by atoms with van der Waals surface area (Å²) >= 11 is 0.693. The van der Waals surface area contributed by atoms with E-state index in [1.165, 1.54) is 6.92 Å². The minimum absolute atomic E-state index is 0.0197. The second-order valence-electron chi connectivity index (χ2n) is 13.2. The van der Waals surface area contributed by atoms with Crippen molar-refractivity contribution in [1.82, 2.24) is 9.80 Å². The standard InChI is InChI=1S/C32H32F6N6O2S/c1-30-10-20(32(36,37)38)23(18-3-4-21(34)25-22(18)19(11-39)27(40)47-25)24(35)26(30)41-29(42-28(30)43-8-5-16(12-43)14-45)46-15-31-6-2-7-44(31)13-17(33)9-31/h3-4,10,16-17,28,45H,2,5-9,12-15,40H2,1H3/t16-,17+,28?,30?,31-/m0/s1. The van der Waals surface area contributed by atoms with Crippen molar-refractivity contribution < 1.29 is 36.2 Å². The molecule has 250 valence electrons. The van der Waals surface area contributed by atoms with E-state index in [4.69, 9.17) is 10.5 Å². The lowest BCUT2D eigenvalue weighted by atomic mass is 9.71. The lowest BCUT2D eigenvalue weighted by Crippen LogP contribution is -2.53. The van der Waals surface area contributed by atoms with Gasteiger partial charge in [-0.15, -0.1) is 11.3 Å². The van der Waals surface area contributed by atoms with Crippen LogP contribution in [0.15, 0.2) is 39.6 Å². The molecule has 3 fully saturated rings. The highest BCUT2D eigenvalue weighted by atomic mass is 32.1. The first kappa shape index (κ1) is 32.1. The second kappa shape index (κ2) is 11.3. The van der Waals surface area contributed by atoms with Crippen molar-refractivity contribution in [2.75, 3.05) is 45.1 Å². The molecule has 5 heterocycles. The van der Waals surface area contributed by atoms with Gasteiger partial charge in [0.25, 0.3) is 0 Å². The number of benzene rings is 1. The molecule has 5 aliphatic rings. The van der Waals surface area contributed by atoms with E-state index < -0.39 is 52.3 Å². The number of nitrogens with two attached hydrogens (primary N) is 1. The van der Waals surface area contributed by atoms with E-state index in [1.807, 2.05) is 11.0 Å². The minimum atomic E-state index is -5.07. The van der Waals surface area contributed by atoms with E-state index in [2.05, 4.69) is 9.98 Å². The minimum Gasteiger partial charge on any atom is -0.462 e. The van der Waals surface area contributed by atoms with E-state index in [1.54, 1.807) is 4.90 Å². The number of amidine groups is 1. The molecule has 0 radical (unpaired) electrons. The quantitative estimate of drug-likeness (QED) is 0.392. The Bertz CT molecular complexity index is 1810. The maximum Gasteiger partial charge on any atom is 0.416 e. The van der Waals surface area contributed by atoms with Gasteiger partial charge in [0.15, 0.2) is 5.83 Å². The number of halogens is 6. The van der Waals surface area contributed by atoms with Gasteiger partial charge in [-0.2, -0.15) is 23.4 Å². The number of anilines is 1. The number of aliphatic imine (C=N–C) groups is 2. The molecule has 2 unspecified atom stereocenters. The van der Waals surface area contributed by atoms with Crippen molar-refractivity contribution in [2.45, 2.75) is 56.7 Å². The summed E-state index contributed by atoms with van der Waals surface area (Å²) < 4.78 is 97.3. The molecule has 1 aromatic heterocycles. The maximum atomic E-state index is 17.1. The van der Waals surface area contributed by atoms with Crippen LogP contribution in [-0.4, -0.2) is 90.1 Å². The van der Waals surface area contributed by atoms with Crippen LogP contribution in [0.5, 0.6) is 0 Å². The van der Waals surface area contributed by atoms with E-state index in [9.17, 15) is 32.3 Å². The number of ether oxygens (including phenoxy) is 1. The van der Waals surface area contributed by atoms with Gasteiger partial charge in [0.2, 0.25) is 0 Å². The zero-order valence-corrected chi connectivity index (χ0v) is 26.2. The van der Waals surface area contributed by atoms with Gasteiger partial charge < -0.3 is 15.6 Å². The third kappa shape index (κ3) is 5.06. The Labute approximate surface area is 270 Å². The monoisotopic (exact) mass is 678 g/mol. The van der Waals surface area contributed by atoms with Crippen LogP contribution in [0.3, 0.4) is 0 Å². The first-order valence-electron chi connectivity index (χ1n) is 15.4. The SMILES string of the molecule is CC12C=C(C(F)(F)F)C(c3ccc(F)c4sc(N)c(C#N)c34)=C(F)C1=NC(OC[C@@]13CCCN1C[C@H](F)C3)=NC2N1CC[C@H](CO)C1. The van der Waals surface area contributed by atoms with Crippen molar-refractivity contribution >= 4 is 43.7 Å². The van der Waals surface area contributed by atoms with Crippen molar-refractivity contribution in [2.24, 2.45) is 21.3 Å². The third-order valence-corrected chi connectivity index (χ3v) is 11.3. The third-order valence-electron chi connectivity index (χ3n) is 10.3. The molecular weight excluding hydrogens is 646 g/mol. The van der Waals surface area contributed by atoms with Crippen LogP contribution >= 0.6 is 11.3 Å². The summed E-state index contributed by atoms with van der Waals surface area (Å²) in [7, 11) is 0. The zero-order valence-electron chi connectivity index (χ0n) is 25.4. The molecule has 15 heteroatoms. The van der Waals surface area contributed by atoms with E-state index >= 15 is 4.39 Å². The number of nitrogen functional groups attached to an aromatic ring is 1. The highest BCUT2D eigenvalue weighted by Crippen LogP contribution is 2.53. The first-order valence-corrected chi connectivity index (χ1v) is 16.3. The smallest absolute Gasteiger partial charge is 0.416 e. The van der Waals surface area contributed by atoms with E-state index in [0.717, 1.165) is 24.6 Å². The number of thiophene rings is 1. The molecule has 1 aromatic carbocycles. The Morgan fingerprint density at radius 1 is 1.23 bits per heavy atom. The molecule has 47 heavy (non-hydrogen) atoms. The predicted octanol–water partition coefficient (Wildman–Crippen LogP) is 5.73. The van der Waals surface area contributed by atoms with Gasteiger partial charge in [-0.05, 0) is 50.3 Å². The predicted molar refractivity (Wildman–Crippen MR) is 166 cm³/mol. The van der Waals surface area contributed by atoms with Gasteiger partial charge >= 0.3 is 12.2 Å². The molecule has 0 amide bonds. The Morgan fingerprint density at radius 2 is 2.02 bits per heavy atom. The normalized spacial score (nSPS) is 31.5. The number of fused-ring (bicyclic) bond motifs is 3. The van der Waals surface area contributed by atoms with Crippen LogP contribution in [0, 0.1) is 28.5 Å². The number of hydrogen-bond donors (Lipinski definition) is 2. The summed E-state index contributed by atoms with van der Waals surface area (Å²) in [6.45, 7) is 2.97. The number of likely N-dealkylation sites (tertiary alicyclic amines) is 1. The molecule has 3 N–H and O–H groups in total. The Morgan fingerprint density at radius 3 is 2.72 bits per heavy atom. The summed E-state index contributed by atoms with van der Waals surface area (Å²) in [5.74, 6) is -2.28. The largest absolute Gasteiger partial charge is 0.462 e. The van der Waals surface area contributed by atoms with Crippen molar-refractivity contribution in [3.05, 3.63) is 46.6 Å². The summed E-state index contributed by atoms with van der Waals surface area (Å²) in [6, 6.07) is 3.53. The summed E-state index contributed by atoms with van der Waals surface area (Å²) in [5.41, 5.74) is 0.451. The number of hydrogen-bond acceptors (Lipinski definition) is 9. The average molecular weight is 679 g/mol. The summed E-state index contributed by atoms with van der Waals surface area (Å²) in [5, 5.41) is 19.3. The number of aliphatic hydroxyl groups is 1. The Balaban J connectivity index is 1.39. The van der Waals surface area contributed by atoms with Crippen molar-refractivity contribution in [3.63, 3.8) is 0 Å². The van der Waals surface area contributed by atoms with Crippen molar-refractivity contribution in [1.29, 1.82) is 5.26 Å². The molecule has 3 saturated heterocycles. The number of rotatable bonds is 5. The van der Waals surface area contributed by atoms with Crippen LogP contribution in [0.4, 0.5) is 31.3 Å². The van der Waals surface area contributed by atoms with Crippen molar-refractivity contribution in [3.8, 4) is 6.07 Å². The molecule has 8 nitrogen and oxygen atoms in total. The molecule has 4 aliphatic heterocycles. The lowest BCUT2D eigenvalue weighted by molar-refractivity contribution is -0.0882. The number of nitriles is 1. The van der Waals surface area contributed by atoms with Crippen LogP contribution in [0.1, 0.15) is 43.7 Å². The lowest BCUT2D eigenvalue weighted by Gasteiger charge is -2.44. The zero-order chi connectivity index (χ0) is 33.5. The highest BCUT2D eigenvalue weighted by molar-refractivity contribution is 7.23. The maximum absolute atomic E-state index is 17.1. The molecule has 2 aromatic rings. The molecule has 0 spiro atoms. The second-order valence-corrected chi connectivity index (χ2v) is 14.3. The fourth-order valence-electron chi connectivity index (χ4n) is 8.05. The molecular formula is C32H32F6N6O2S. The first-order chi connectivity index (χ1) is 22.3. The van der Waals surface area contributed by atoms with Crippen LogP contribution in [0.2, 0.25) is 0 Å². The fourth-order valence-corrected chi connectivity index (χ4v) is 9.00. The van der Waals surface area contributed by atoms with E-state index in [0.29, 0.717) is 43.8 Å². The van der Waals surface area contributed by atoms with Gasteiger partial charge in [0.1, 0.15) is 35.8 Å². The Kier molecular flexibility index (Phi) is 7.74. The Hall–Kier alpha value is -3.45.